The first-order valence-electron chi connectivity index (χ1n) is 10.1. The van der Waals surface area contributed by atoms with Crippen LogP contribution in [0.2, 0.25) is 0 Å². The lowest BCUT2D eigenvalue weighted by molar-refractivity contribution is -0.128. The van der Waals surface area contributed by atoms with Crippen LogP contribution >= 0.6 is 0 Å². The van der Waals surface area contributed by atoms with Crippen molar-refractivity contribution in [2.75, 3.05) is 32.1 Å². The molecule has 0 aliphatic carbocycles. The zero-order chi connectivity index (χ0) is 21.1. The number of hydrogen-bond donors (Lipinski definition) is 0. The SMILES string of the molecule is CCOc1ccccc1CN1CC(c2noc(-c3cccc(N(C)C)c3)n2)CC1=O. The van der Waals surface area contributed by atoms with Crippen LogP contribution in [0.25, 0.3) is 11.5 Å². The summed E-state index contributed by atoms with van der Waals surface area (Å²) in [6, 6.07) is 15.8. The maximum Gasteiger partial charge on any atom is 0.258 e. The maximum atomic E-state index is 12.6. The normalized spacial score (nSPS) is 16.2. The van der Waals surface area contributed by atoms with Gasteiger partial charge in [-0.05, 0) is 31.2 Å². The molecule has 0 radical (unpaired) electrons. The first-order chi connectivity index (χ1) is 14.5. The van der Waals surface area contributed by atoms with Crippen LogP contribution in [0.5, 0.6) is 5.75 Å². The van der Waals surface area contributed by atoms with Gasteiger partial charge in [0.2, 0.25) is 5.91 Å². The van der Waals surface area contributed by atoms with Crippen LogP contribution in [-0.4, -0.2) is 48.2 Å². The Balaban J connectivity index is 1.48. The predicted octanol–water partition coefficient (Wildman–Crippen LogP) is 3.72. The third-order valence-corrected chi connectivity index (χ3v) is 5.26. The number of likely N-dealkylation sites (tertiary alicyclic amines) is 1. The second-order valence-corrected chi connectivity index (χ2v) is 7.62. The highest BCUT2D eigenvalue weighted by atomic mass is 16.5. The van der Waals surface area contributed by atoms with Gasteiger partial charge in [0.25, 0.3) is 5.89 Å². The van der Waals surface area contributed by atoms with Gasteiger partial charge in [-0.3, -0.25) is 4.79 Å². The highest BCUT2D eigenvalue weighted by molar-refractivity contribution is 5.79. The summed E-state index contributed by atoms with van der Waals surface area (Å²) in [6.07, 6.45) is 0.382. The number of para-hydroxylation sites is 1. The molecular formula is C23H26N4O3. The van der Waals surface area contributed by atoms with E-state index in [1.54, 1.807) is 0 Å². The molecule has 2 aromatic carbocycles. The van der Waals surface area contributed by atoms with E-state index in [9.17, 15) is 4.79 Å². The number of anilines is 1. The van der Waals surface area contributed by atoms with E-state index < -0.39 is 0 Å². The topological polar surface area (TPSA) is 71.7 Å². The Labute approximate surface area is 176 Å². The van der Waals surface area contributed by atoms with Crippen LogP contribution in [0.4, 0.5) is 5.69 Å². The van der Waals surface area contributed by atoms with Gasteiger partial charge in [0.1, 0.15) is 5.75 Å². The lowest BCUT2D eigenvalue weighted by atomic mass is 10.1. The van der Waals surface area contributed by atoms with Crippen molar-refractivity contribution in [1.82, 2.24) is 15.0 Å². The average molecular weight is 406 g/mol. The molecule has 1 aliphatic rings. The van der Waals surface area contributed by atoms with Crippen LogP contribution in [-0.2, 0) is 11.3 Å². The van der Waals surface area contributed by atoms with Crippen LogP contribution in [0.3, 0.4) is 0 Å². The van der Waals surface area contributed by atoms with Crippen molar-refractivity contribution in [3.63, 3.8) is 0 Å². The van der Waals surface area contributed by atoms with Crippen molar-refractivity contribution < 1.29 is 14.1 Å². The van der Waals surface area contributed by atoms with Gasteiger partial charge in [0.15, 0.2) is 5.82 Å². The van der Waals surface area contributed by atoms with Crippen LogP contribution < -0.4 is 9.64 Å². The number of amides is 1. The lowest BCUT2D eigenvalue weighted by Gasteiger charge is -2.18. The van der Waals surface area contributed by atoms with Crippen LogP contribution in [0.15, 0.2) is 53.1 Å². The molecule has 1 atom stereocenters. The molecule has 7 nitrogen and oxygen atoms in total. The zero-order valence-corrected chi connectivity index (χ0v) is 17.5. The molecule has 2 heterocycles. The molecule has 1 unspecified atom stereocenters. The summed E-state index contributed by atoms with van der Waals surface area (Å²) in [5.41, 5.74) is 2.93. The number of ether oxygens (including phenoxy) is 1. The minimum atomic E-state index is -0.0775. The fraction of sp³-hybridized carbons (Fsp3) is 0.348. The first-order valence-corrected chi connectivity index (χ1v) is 10.1. The molecule has 1 saturated heterocycles. The number of benzene rings is 2. The quantitative estimate of drug-likeness (QED) is 0.596. The summed E-state index contributed by atoms with van der Waals surface area (Å²) in [5, 5.41) is 4.17. The molecule has 7 heteroatoms. The molecule has 1 amide bonds. The summed E-state index contributed by atoms with van der Waals surface area (Å²) < 4.78 is 11.2. The molecule has 1 aromatic heterocycles. The van der Waals surface area contributed by atoms with Crippen molar-refractivity contribution in [3.05, 3.63) is 59.9 Å². The van der Waals surface area contributed by atoms with E-state index in [-0.39, 0.29) is 11.8 Å². The summed E-state index contributed by atoms with van der Waals surface area (Å²) in [4.78, 5) is 21.1. The van der Waals surface area contributed by atoms with Gasteiger partial charge in [-0.1, -0.05) is 29.4 Å². The van der Waals surface area contributed by atoms with Crippen LogP contribution in [0, 0.1) is 0 Å². The number of nitrogens with zero attached hydrogens (tertiary/aromatic N) is 4. The smallest absolute Gasteiger partial charge is 0.258 e. The standard InChI is InChI=1S/C23H26N4O3/c1-4-29-20-11-6-5-8-17(20)14-27-15-18(13-21(27)28)22-24-23(30-25-22)16-9-7-10-19(12-16)26(2)3/h5-12,18H,4,13-15H2,1-3H3. The van der Waals surface area contributed by atoms with E-state index in [1.165, 1.54) is 0 Å². The molecule has 0 spiro atoms. The number of carbonyl (C=O) groups excluding carboxylic acids is 1. The Morgan fingerprint density at radius 1 is 1.20 bits per heavy atom. The van der Waals surface area contributed by atoms with Gasteiger partial charge in [-0.25, -0.2) is 0 Å². The molecule has 0 N–H and O–H groups in total. The van der Waals surface area contributed by atoms with E-state index in [2.05, 4.69) is 10.1 Å². The second-order valence-electron chi connectivity index (χ2n) is 7.62. The highest BCUT2D eigenvalue weighted by Crippen LogP contribution is 2.31. The molecule has 156 valence electrons. The molecule has 3 aromatic rings. The van der Waals surface area contributed by atoms with E-state index in [0.29, 0.717) is 37.8 Å². The van der Waals surface area contributed by atoms with Crippen molar-refractivity contribution in [3.8, 4) is 17.2 Å². The van der Waals surface area contributed by atoms with Gasteiger partial charge in [-0.2, -0.15) is 4.98 Å². The molecule has 4 rings (SSSR count). The van der Waals surface area contributed by atoms with Crippen molar-refractivity contribution in [2.24, 2.45) is 0 Å². The van der Waals surface area contributed by atoms with E-state index >= 15 is 0 Å². The minimum absolute atomic E-state index is 0.0775. The lowest BCUT2D eigenvalue weighted by Crippen LogP contribution is -2.24. The Hall–Kier alpha value is -3.35. The van der Waals surface area contributed by atoms with Crippen molar-refractivity contribution >= 4 is 11.6 Å². The Morgan fingerprint density at radius 3 is 2.83 bits per heavy atom. The largest absolute Gasteiger partial charge is 0.494 e. The van der Waals surface area contributed by atoms with Gasteiger partial charge in [-0.15, -0.1) is 0 Å². The van der Waals surface area contributed by atoms with E-state index in [0.717, 1.165) is 22.6 Å². The van der Waals surface area contributed by atoms with Gasteiger partial charge >= 0.3 is 0 Å². The highest BCUT2D eigenvalue weighted by Gasteiger charge is 2.34. The number of aromatic nitrogens is 2. The van der Waals surface area contributed by atoms with Crippen molar-refractivity contribution in [2.45, 2.75) is 25.8 Å². The van der Waals surface area contributed by atoms with Gasteiger partial charge in [0.05, 0.1) is 6.61 Å². The predicted molar refractivity (Wildman–Crippen MR) is 114 cm³/mol. The molecule has 0 saturated carbocycles. The third kappa shape index (κ3) is 4.15. The van der Waals surface area contributed by atoms with Gasteiger partial charge in [0, 0.05) is 56.3 Å². The van der Waals surface area contributed by atoms with E-state index in [1.807, 2.05) is 79.3 Å². The van der Waals surface area contributed by atoms with Crippen LogP contribution in [0.1, 0.15) is 30.7 Å². The summed E-state index contributed by atoms with van der Waals surface area (Å²) in [7, 11) is 3.97. The summed E-state index contributed by atoms with van der Waals surface area (Å²) in [6.45, 7) is 3.63. The van der Waals surface area contributed by atoms with Gasteiger partial charge < -0.3 is 19.1 Å². The number of rotatable bonds is 7. The van der Waals surface area contributed by atoms with E-state index in [4.69, 9.17) is 9.26 Å². The molecule has 1 fully saturated rings. The molecule has 1 aliphatic heterocycles. The molecular weight excluding hydrogens is 380 g/mol. The third-order valence-electron chi connectivity index (χ3n) is 5.26. The fourth-order valence-electron chi connectivity index (χ4n) is 3.67. The molecule has 0 bridgehead atoms. The monoisotopic (exact) mass is 406 g/mol. The average Bonchev–Trinajstić information content (AvgIpc) is 3.37. The Bertz CT molecular complexity index is 1030. The zero-order valence-electron chi connectivity index (χ0n) is 17.5. The maximum absolute atomic E-state index is 12.6. The fourth-order valence-corrected chi connectivity index (χ4v) is 3.67. The Kier molecular flexibility index (Phi) is 5.70. The minimum Gasteiger partial charge on any atom is -0.494 e. The Morgan fingerprint density at radius 2 is 2.03 bits per heavy atom. The molecule has 30 heavy (non-hydrogen) atoms. The number of carbonyl (C=O) groups is 1. The summed E-state index contributed by atoms with van der Waals surface area (Å²) >= 11 is 0. The van der Waals surface area contributed by atoms with Crippen molar-refractivity contribution in [1.29, 1.82) is 0 Å². The second kappa shape index (κ2) is 8.57. The summed E-state index contributed by atoms with van der Waals surface area (Å²) in [5.74, 6) is 1.88. The number of hydrogen-bond acceptors (Lipinski definition) is 6. The first kappa shape index (κ1) is 19.9.